The van der Waals surface area contributed by atoms with Gasteiger partial charge in [0.1, 0.15) is 5.54 Å². The van der Waals surface area contributed by atoms with Gasteiger partial charge < -0.3 is 21.1 Å². The molecule has 1 aliphatic rings. The van der Waals surface area contributed by atoms with Crippen molar-refractivity contribution < 1.29 is 19.5 Å². The van der Waals surface area contributed by atoms with E-state index >= 15 is 0 Å². The van der Waals surface area contributed by atoms with Crippen LogP contribution in [0.1, 0.15) is 40.0 Å². The molecule has 1 fully saturated rings. The number of rotatable bonds is 6. The lowest BCUT2D eigenvalue weighted by Crippen LogP contribution is -2.56. The Morgan fingerprint density at radius 1 is 1.38 bits per heavy atom. The number of carboxylic acid groups (broad SMARTS) is 1. The summed E-state index contributed by atoms with van der Waals surface area (Å²) in [6.07, 6.45) is 1.46. The van der Waals surface area contributed by atoms with Gasteiger partial charge >= 0.3 is 5.97 Å². The minimum Gasteiger partial charge on any atom is -0.479 e. The van der Waals surface area contributed by atoms with E-state index < -0.39 is 23.5 Å². The molecule has 4 N–H and O–H groups in total. The number of nitrogens with zero attached hydrogens (tertiary/aromatic N) is 1. The highest BCUT2D eigenvalue weighted by atomic mass is 16.4. The molecule has 0 aliphatic carbocycles. The van der Waals surface area contributed by atoms with Crippen molar-refractivity contribution in [1.82, 2.24) is 10.2 Å². The largest absolute Gasteiger partial charge is 0.479 e. The first-order valence-electron chi connectivity index (χ1n) is 7.33. The summed E-state index contributed by atoms with van der Waals surface area (Å²) in [5.74, 6) is -1.78. The number of carbonyl (C=O) groups is 3. The van der Waals surface area contributed by atoms with E-state index in [0.29, 0.717) is 25.8 Å². The topological polar surface area (TPSA) is 113 Å². The quantitative estimate of drug-likeness (QED) is 0.636. The molecule has 1 unspecified atom stereocenters. The molecule has 1 heterocycles. The van der Waals surface area contributed by atoms with Gasteiger partial charge in [-0.3, -0.25) is 9.59 Å². The Bertz CT molecular complexity index is 424. The number of nitrogens with one attached hydrogen (secondary N) is 1. The molecule has 7 heteroatoms. The molecule has 0 aromatic rings. The van der Waals surface area contributed by atoms with E-state index in [9.17, 15) is 19.5 Å². The van der Waals surface area contributed by atoms with Crippen molar-refractivity contribution in [3.63, 3.8) is 0 Å². The van der Waals surface area contributed by atoms with Gasteiger partial charge in [-0.2, -0.15) is 0 Å². The fraction of sp³-hybridized carbons (Fsp3) is 0.786. The minimum atomic E-state index is -1.14. The number of hydrogen-bond donors (Lipinski definition) is 3. The maximum atomic E-state index is 12.2. The number of carboxylic acids is 1. The fourth-order valence-electron chi connectivity index (χ4n) is 2.66. The normalized spacial score (nSPS) is 23.2. The van der Waals surface area contributed by atoms with Gasteiger partial charge in [0.25, 0.3) is 0 Å². The molecular formula is C14H25N3O4. The van der Waals surface area contributed by atoms with Crippen molar-refractivity contribution in [2.45, 2.75) is 51.6 Å². The van der Waals surface area contributed by atoms with Crippen LogP contribution in [0.15, 0.2) is 0 Å². The van der Waals surface area contributed by atoms with Crippen LogP contribution in [-0.2, 0) is 14.4 Å². The first kappa shape index (κ1) is 17.4. The number of aliphatic carboxylic acids is 1. The standard InChI is InChI=1S/C14H25N3O4/c1-4-14(13(20)21)6-5-7-17(14)10(18)8-16-12(19)11(15)9(2)3/h9,11H,4-8,15H2,1-3H3,(H,16,19)(H,20,21)/t11-,14?/m0/s1. The van der Waals surface area contributed by atoms with Gasteiger partial charge in [-0.05, 0) is 25.2 Å². The molecule has 0 radical (unpaired) electrons. The second-order valence-corrected chi connectivity index (χ2v) is 5.83. The predicted octanol–water partition coefficient (Wildman–Crippen LogP) is -0.0583. The third-order valence-electron chi connectivity index (χ3n) is 4.21. The molecule has 1 saturated heterocycles. The maximum Gasteiger partial charge on any atom is 0.329 e. The summed E-state index contributed by atoms with van der Waals surface area (Å²) in [7, 11) is 0. The first-order valence-corrected chi connectivity index (χ1v) is 7.33. The molecule has 0 spiro atoms. The van der Waals surface area contributed by atoms with Crippen molar-refractivity contribution >= 4 is 17.8 Å². The summed E-state index contributed by atoms with van der Waals surface area (Å²) < 4.78 is 0. The Morgan fingerprint density at radius 2 is 2.00 bits per heavy atom. The highest BCUT2D eigenvalue weighted by molar-refractivity contribution is 5.91. The maximum absolute atomic E-state index is 12.2. The van der Waals surface area contributed by atoms with Gasteiger partial charge in [0, 0.05) is 6.54 Å². The first-order chi connectivity index (χ1) is 9.76. The molecule has 1 rings (SSSR count). The molecule has 21 heavy (non-hydrogen) atoms. The number of hydrogen-bond acceptors (Lipinski definition) is 4. The highest BCUT2D eigenvalue weighted by Gasteiger charge is 2.48. The average molecular weight is 299 g/mol. The second-order valence-electron chi connectivity index (χ2n) is 5.83. The van der Waals surface area contributed by atoms with Gasteiger partial charge in [-0.1, -0.05) is 20.8 Å². The van der Waals surface area contributed by atoms with Gasteiger partial charge in [0.2, 0.25) is 11.8 Å². The van der Waals surface area contributed by atoms with Gasteiger partial charge in [0.05, 0.1) is 12.6 Å². The Kier molecular flexibility index (Phi) is 5.71. The number of carbonyl (C=O) groups excluding carboxylic acids is 2. The number of amides is 2. The van der Waals surface area contributed by atoms with Crippen LogP contribution in [-0.4, -0.2) is 52.5 Å². The SMILES string of the molecule is CCC1(C(=O)O)CCCN1C(=O)CNC(=O)[C@@H](N)C(C)C. The summed E-state index contributed by atoms with van der Waals surface area (Å²) in [5, 5.41) is 11.9. The van der Waals surface area contributed by atoms with E-state index in [1.807, 2.05) is 13.8 Å². The Labute approximate surface area is 124 Å². The Morgan fingerprint density at radius 3 is 2.48 bits per heavy atom. The molecule has 0 aromatic carbocycles. The van der Waals surface area contributed by atoms with Crippen LogP contribution >= 0.6 is 0 Å². The Balaban J connectivity index is 2.67. The van der Waals surface area contributed by atoms with E-state index in [2.05, 4.69) is 5.32 Å². The van der Waals surface area contributed by atoms with Crippen molar-refractivity contribution in [1.29, 1.82) is 0 Å². The zero-order valence-electron chi connectivity index (χ0n) is 12.9. The Hall–Kier alpha value is -1.63. The van der Waals surface area contributed by atoms with Crippen LogP contribution in [0.4, 0.5) is 0 Å². The van der Waals surface area contributed by atoms with Crippen molar-refractivity contribution in [2.24, 2.45) is 11.7 Å². The molecule has 7 nitrogen and oxygen atoms in total. The van der Waals surface area contributed by atoms with Crippen LogP contribution in [0.25, 0.3) is 0 Å². The van der Waals surface area contributed by atoms with Crippen molar-refractivity contribution in [3.05, 3.63) is 0 Å². The van der Waals surface area contributed by atoms with E-state index in [0.717, 1.165) is 0 Å². The molecule has 2 amide bonds. The molecule has 2 atom stereocenters. The molecule has 120 valence electrons. The highest BCUT2D eigenvalue weighted by Crippen LogP contribution is 2.32. The molecule has 0 bridgehead atoms. The van der Waals surface area contributed by atoms with Gasteiger partial charge in [-0.25, -0.2) is 4.79 Å². The van der Waals surface area contributed by atoms with E-state index in [4.69, 9.17) is 5.73 Å². The van der Waals surface area contributed by atoms with Crippen molar-refractivity contribution in [2.75, 3.05) is 13.1 Å². The molecule has 1 aliphatic heterocycles. The third-order valence-corrected chi connectivity index (χ3v) is 4.21. The van der Waals surface area contributed by atoms with Crippen LogP contribution in [0.3, 0.4) is 0 Å². The summed E-state index contributed by atoms with van der Waals surface area (Å²) in [6, 6.07) is -0.674. The third kappa shape index (κ3) is 3.53. The summed E-state index contributed by atoms with van der Waals surface area (Å²) in [5.41, 5.74) is 4.56. The lowest BCUT2D eigenvalue weighted by molar-refractivity contribution is -0.156. The van der Waals surface area contributed by atoms with Crippen LogP contribution in [0.5, 0.6) is 0 Å². The van der Waals surface area contributed by atoms with E-state index in [1.54, 1.807) is 6.92 Å². The van der Waals surface area contributed by atoms with Gasteiger partial charge in [-0.15, -0.1) is 0 Å². The predicted molar refractivity (Wildman–Crippen MR) is 77.4 cm³/mol. The lowest BCUT2D eigenvalue weighted by atomic mass is 9.93. The number of likely N-dealkylation sites (tertiary alicyclic amines) is 1. The fourth-order valence-corrected chi connectivity index (χ4v) is 2.66. The summed E-state index contributed by atoms with van der Waals surface area (Å²) in [4.78, 5) is 36.8. The monoisotopic (exact) mass is 299 g/mol. The minimum absolute atomic E-state index is 0.0272. The molecule has 0 aromatic heterocycles. The van der Waals surface area contributed by atoms with E-state index in [1.165, 1.54) is 4.90 Å². The lowest BCUT2D eigenvalue weighted by Gasteiger charge is -2.34. The zero-order valence-corrected chi connectivity index (χ0v) is 12.9. The van der Waals surface area contributed by atoms with Crippen LogP contribution in [0.2, 0.25) is 0 Å². The van der Waals surface area contributed by atoms with Crippen LogP contribution < -0.4 is 11.1 Å². The van der Waals surface area contributed by atoms with Crippen LogP contribution in [0, 0.1) is 5.92 Å². The van der Waals surface area contributed by atoms with Crippen molar-refractivity contribution in [3.8, 4) is 0 Å². The molecular weight excluding hydrogens is 274 g/mol. The average Bonchev–Trinajstić information content (AvgIpc) is 2.88. The second kappa shape index (κ2) is 6.89. The smallest absolute Gasteiger partial charge is 0.329 e. The van der Waals surface area contributed by atoms with Gasteiger partial charge in [0.15, 0.2) is 0 Å². The van der Waals surface area contributed by atoms with E-state index in [-0.39, 0.29) is 18.4 Å². The molecule has 0 saturated carbocycles. The number of nitrogens with two attached hydrogens (primary N) is 1. The summed E-state index contributed by atoms with van der Waals surface area (Å²) in [6.45, 7) is 5.59. The summed E-state index contributed by atoms with van der Waals surface area (Å²) >= 11 is 0. The zero-order chi connectivity index (χ0) is 16.2.